The summed E-state index contributed by atoms with van der Waals surface area (Å²) in [5, 5.41) is 1.08. The minimum Gasteiger partial charge on any atom is -0.497 e. The quantitative estimate of drug-likeness (QED) is 0.704. The van der Waals surface area contributed by atoms with E-state index >= 15 is 0 Å². The molecule has 0 unspecified atom stereocenters. The first-order valence-electron chi connectivity index (χ1n) is 6.44. The van der Waals surface area contributed by atoms with Crippen LogP contribution in [0.3, 0.4) is 0 Å². The van der Waals surface area contributed by atoms with Crippen molar-refractivity contribution >= 4 is 11.0 Å². The second kappa shape index (κ2) is 4.93. The molecule has 3 aromatic rings. The summed E-state index contributed by atoms with van der Waals surface area (Å²) in [6.07, 6.45) is 0. The summed E-state index contributed by atoms with van der Waals surface area (Å²) in [5.41, 5.74) is 3.02. The van der Waals surface area contributed by atoms with Crippen molar-refractivity contribution in [3.05, 3.63) is 48.0 Å². The molecule has 0 atom stereocenters. The number of hydrogen-bond acceptors (Lipinski definition) is 3. The van der Waals surface area contributed by atoms with Crippen LogP contribution < -0.4 is 9.47 Å². The zero-order valence-corrected chi connectivity index (χ0v) is 11.8. The minimum absolute atomic E-state index is 0.836. The molecule has 1 heterocycles. The molecular weight excluding hydrogens is 252 g/mol. The van der Waals surface area contributed by atoms with Crippen molar-refractivity contribution in [1.29, 1.82) is 0 Å². The van der Waals surface area contributed by atoms with Crippen molar-refractivity contribution < 1.29 is 13.9 Å². The van der Waals surface area contributed by atoms with Gasteiger partial charge in [-0.25, -0.2) is 0 Å². The van der Waals surface area contributed by atoms with Gasteiger partial charge < -0.3 is 13.9 Å². The Kier molecular flexibility index (Phi) is 3.11. The molecule has 0 saturated heterocycles. The molecule has 0 fully saturated rings. The van der Waals surface area contributed by atoms with Crippen LogP contribution in [0.1, 0.15) is 5.56 Å². The largest absolute Gasteiger partial charge is 0.497 e. The summed E-state index contributed by atoms with van der Waals surface area (Å²) in [4.78, 5) is 0. The third kappa shape index (κ3) is 2.01. The highest BCUT2D eigenvalue weighted by Crippen LogP contribution is 2.35. The number of benzene rings is 2. The lowest BCUT2D eigenvalue weighted by molar-refractivity contribution is 0.415. The molecule has 1 aromatic heterocycles. The Morgan fingerprint density at radius 2 is 1.50 bits per heavy atom. The molecular formula is C17H16O3. The average Bonchev–Trinajstić information content (AvgIpc) is 2.84. The molecule has 0 saturated carbocycles. The van der Waals surface area contributed by atoms with E-state index in [1.165, 1.54) is 0 Å². The van der Waals surface area contributed by atoms with Gasteiger partial charge >= 0.3 is 0 Å². The van der Waals surface area contributed by atoms with Crippen molar-refractivity contribution in [2.75, 3.05) is 14.2 Å². The topological polar surface area (TPSA) is 31.6 Å². The zero-order chi connectivity index (χ0) is 14.1. The molecule has 3 nitrogen and oxygen atoms in total. The predicted octanol–water partition coefficient (Wildman–Crippen LogP) is 4.43. The van der Waals surface area contributed by atoms with Crippen molar-refractivity contribution in [2.45, 2.75) is 6.92 Å². The Morgan fingerprint density at radius 3 is 2.15 bits per heavy atom. The van der Waals surface area contributed by atoms with Gasteiger partial charge in [0.25, 0.3) is 0 Å². The summed E-state index contributed by atoms with van der Waals surface area (Å²) < 4.78 is 16.4. The molecule has 0 amide bonds. The van der Waals surface area contributed by atoms with Gasteiger partial charge in [-0.2, -0.15) is 0 Å². The highest BCUT2D eigenvalue weighted by molar-refractivity contribution is 5.88. The van der Waals surface area contributed by atoms with E-state index in [1.54, 1.807) is 14.2 Å². The van der Waals surface area contributed by atoms with E-state index in [9.17, 15) is 0 Å². The van der Waals surface area contributed by atoms with Crippen LogP contribution in [0, 0.1) is 6.92 Å². The van der Waals surface area contributed by atoms with Gasteiger partial charge in [0.2, 0.25) is 0 Å². The minimum atomic E-state index is 0.836. The van der Waals surface area contributed by atoms with Gasteiger partial charge in [0.05, 0.1) is 14.2 Å². The molecule has 0 spiro atoms. The molecule has 0 radical (unpaired) electrons. The van der Waals surface area contributed by atoms with Gasteiger partial charge in [0.1, 0.15) is 22.8 Å². The van der Waals surface area contributed by atoms with Crippen LogP contribution in [-0.4, -0.2) is 14.2 Å². The summed E-state index contributed by atoms with van der Waals surface area (Å²) in [5.74, 6) is 2.56. The standard InChI is InChI=1S/C17H16O3/c1-11-15-10-14(19-3)8-9-16(15)20-17(11)12-4-6-13(18-2)7-5-12/h4-10H,1-3H3. The van der Waals surface area contributed by atoms with Gasteiger partial charge in [-0.05, 0) is 49.4 Å². The number of hydrogen-bond donors (Lipinski definition) is 0. The molecule has 0 aliphatic carbocycles. The number of ether oxygens (including phenoxy) is 2. The first kappa shape index (κ1) is 12.6. The fraction of sp³-hybridized carbons (Fsp3) is 0.176. The highest BCUT2D eigenvalue weighted by atomic mass is 16.5. The van der Waals surface area contributed by atoms with Crippen molar-refractivity contribution in [3.8, 4) is 22.8 Å². The summed E-state index contributed by atoms with van der Waals surface area (Å²) in [6.45, 7) is 2.06. The van der Waals surface area contributed by atoms with E-state index in [2.05, 4.69) is 6.92 Å². The maximum Gasteiger partial charge on any atom is 0.138 e. The summed E-state index contributed by atoms with van der Waals surface area (Å²) in [7, 11) is 3.33. The molecule has 102 valence electrons. The van der Waals surface area contributed by atoms with Gasteiger partial charge in [-0.3, -0.25) is 0 Å². The fourth-order valence-electron chi connectivity index (χ4n) is 2.34. The number of furan rings is 1. The van der Waals surface area contributed by atoms with E-state index < -0.39 is 0 Å². The van der Waals surface area contributed by atoms with Crippen LogP contribution >= 0.6 is 0 Å². The number of fused-ring (bicyclic) bond motifs is 1. The maximum absolute atomic E-state index is 5.96. The zero-order valence-electron chi connectivity index (χ0n) is 11.8. The van der Waals surface area contributed by atoms with Crippen molar-refractivity contribution in [2.24, 2.45) is 0 Å². The monoisotopic (exact) mass is 268 g/mol. The van der Waals surface area contributed by atoms with Crippen LogP contribution in [-0.2, 0) is 0 Å². The second-order valence-electron chi connectivity index (χ2n) is 4.65. The summed E-state index contributed by atoms with van der Waals surface area (Å²) in [6, 6.07) is 13.7. The lowest BCUT2D eigenvalue weighted by atomic mass is 10.1. The number of methoxy groups -OCH3 is 2. The molecule has 3 rings (SSSR count). The second-order valence-corrected chi connectivity index (χ2v) is 4.65. The van der Waals surface area contributed by atoms with Crippen molar-refractivity contribution in [1.82, 2.24) is 0 Å². The Hall–Kier alpha value is -2.42. The molecule has 0 bridgehead atoms. The molecule has 0 aliphatic heterocycles. The van der Waals surface area contributed by atoms with E-state index in [0.29, 0.717) is 0 Å². The Balaban J connectivity index is 2.13. The first-order valence-corrected chi connectivity index (χ1v) is 6.44. The molecule has 2 aromatic carbocycles. The molecule has 20 heavy (non-hydrogen) atoms. The Morgan fingerprint density at radius 1 is 0.850 bits per heavy atom. The normalized spacial score (nSPS) is 10.8. The molecule has 3 heteroatoms. The van der Waals surface area contributed by atoms with Gasteiger partial charge in [0, 0.05) is 16.5 Å². The van der Waals surface area contributed by atoms with Crippen LogP contribution in [0.25, 0.3) is 22.3 Å². The van der Waals surface area contributed by atoms with Crippen LogP contribution in [0.2, 0.25) is 0 Å². The smallest absolute Gasteiger partial charge is 0.138 e. The molecule has 0 N–H and O–H groups in total. The maximum atomic E-state index is 5.96. The van der Waals surface area contributed by atoms with Crippen molar-refractivity contribution in [3.63, 3.8) is 0 Å². The van der Waals surface area contributed by atoms with E-state index in [-0.39, 0.29) is 0 Å². The lowest BCUT2D eigenvalue weighted by Gasteiger charge is -2.01. The summed E-state index contributed by atoms with van der Waals surface area (Å²) >= 11 is 0. The number of aryl methyl sites for hydroxylation is 1. The predicted molar refractivity (Wildman–Crippen MR) is 79.5 cm³/mol. The van der Waals surface area contributed by atoms with Gasteiger partial charge in [-0.15, -0.1) is 0 Å². The van der Waals surface area contributed by atoms with E-state index in [0.717, 1.165) is 39.4 Å². The van der Waals surface area contributed by atoms with E-state index in [4.69, 9.17) is 13.9 Å². The first-order chi connectivity index (χ1) is 9.72. The van der Waals surface area contributed by atoms with Crippen LogP contribution in [0.4, 0.5) is 0 Å². The average molecular weight is 268 g/mol. The van der Waals surface area contributed by atoms with Gasteiger partial charge in [-0.1, -0.05) is 0 Å². The lowest BCUT2D eigenvalue weighted by Crippen LogP contribution is -1.83. The Bertz CT molecular complexity index is 739. The van der Waals surface area contributed by atoms with Crippen LogP contribution in [0.15, 0.2) is 46.9 Å². The third-order valence-electron chi connectivity index (χ3n) is 3.50. The molecule has 0 aliphatic rings. The SMILES string of the molecule is COc1ccc(-c2oc3ccc(OC)cc3c2C)cc1. The Labute approximate surface area is 117 Å². The number of rotatable bonds is 3. The highest BCUT2D eigenvalue weighted by Gasteiger charge is 2.13. The third-order valence-corrected chi connectivity index (χ3v) is 3.50. The van der Waals surface area contributed by atoms with E-state index in [1.807, 2.05) is 42.5 Å². The van der Waals surface area contributed by atoms with Crippen LogP contribution in [0.5, 0.6) is 11.5 Å². The fourth-order valence-corrected chi connectivity index (χ4v) is 2.34. The van der Waals surface area contributed by atoms with Gasteiger partial charge in [0.15, 0.2) is 0 Å².